The number of ether oxygens (including phenoxy) is 2. The van der Waals surface area contributed by atoms with Crippen LogP contribution < -0.4 is 10.0 Å². The van der Waals surface area contributed by atoms with Crippen molar-refractivity contribution < 1.29 is 27.8 Å². The van der Waals surface area contributed by atoms with Gasteiger partial charge in [-0.3, -0.25) is 0 Å². The van der Waals surface area contributed by atoms with Crippen molar-refractivity contribution in [3.63, 3.8) is 0 Å². The molecule has 1 aromatic carbocycles. The molecule has 0 aliphatic rings. The van der Waals surface area contributed by atoms with Crippen LogP contribution >= 0.6 is 0 Å². The fourth-order valence-corrected chi connectivity index (χ4v) is 3.51. The molecule has 136 valence electrons. The molecule has 0 aliphatic heterocycles. The van der Waals surface area contributed by atoms with Gasteiger partial charge in [-0.25, -0.2) is 17.9 Å². The molecule has 0 aromatic heterocycles. The number of aromatic carboxylic acids is 1. The van der Waals surface area contributed by atoms with Gasteiger partial charge < -0.3 is 19.9 Å². The topological polar surface area (TPSA) is 114 Å². The van der Waals surface area contributed by atoms with Gasteiger partial charge in [-0.05, 0) is 31.5 Å². The average Bonchev–Trinajstić information content (AvgIpc) is 2.51. The van der Waals surface area contributed by atoms with E-state index in [0.717, 1.165) is 6.07 Å². The lowest BCUT2D eigenvalue weighted by molar-refractivity contribution is 0.0696. The van der Waals surface area contributed by atoms with E-state index in [1.807, 2.05) is 0 Å². The van der Waals surface area contributed by atoms with Crippen LogP contribution in [0.1, 0.15) is 23.7 Å². The first-order chi connectivity index (χ1) is 11.3. The third-order valence-electron chi connectivity index (χ3n) is 3.13. The van der Waals surface area contributed by atoms with Gasteiger partial charge in [0.1, 0.15) is 4.90 Å². The van der Waals surface area contributed by atoms with E-state index in [0.29, 0.717) is 25.3 Å². The molecule has 0 radical (unpaired) electrons. The summed E-state index contributed by atoms with van der Waals surface area (Å²) < 4.78 is 37.5. The number of hydrogen-bond acceptors (Lipinski definition) is 6. The van der Waals surface area contributed by atoms with Crippen molar-refractivity contribution in [3.8, 4) is 0 Å². The number of sulfonamides is 1. The van der Waals surface area contributed by atoms with Gasteiger partial charge in [0.05, 0.1) is 17.9 Å². The van der Waals surface area contributed by atoms with E-state index >= 15 is 0 Å². The summed E-state index contributed by atoms with van der Waals surface area (Å²) in [5, 5.41) is 12.1. The van der Waals surface area contributed by atoms with Crippen molar-refractivity contribution >= 4 is 21.7 Å². The molecular formula is C15H24N2O6S. The first-order valence-corrected chi connectivity index (χ1v) is 8.91. The van der Waals surface area contributed by atoms with Gasteiger partial charge in [-0.15, -0.1) is 0 Å². The summed E-state index contributed by atoms with van der Waals surface area (Å²) in [7, 11) is -0.845. The molecule has 0 spiro atoms. The molecule has 1 aromatic rings. The SMILES string of the molecule is COCCCNc1ccc(C(=O)O)cc1S(=O)(=O)N[C@H](C)COC. The molecule has 8 nitrogen and oxygen atoms in total. The van der Waals surface area contributed by atoms with Crippen molar-refractivity contribution in [2.75, 3.05) is 39.3 Å². The summed E-state index contributed by atoms with van der Waals surface area (Å²) in [6.07, 6.45) is 0.685. The van der Waals surface area contributed by atoms with E-state index in [4.69, 9.17) is 14.6 Å². The van der Waals surface area contributed by atoms with Gasteiger partial charge in [-0.1, -0.05) is 0 Å². The van der Waals surface area contributed by atoms with Gasteiger partial charge in [0.25, 0.3) is 0 Å². The van der Waals surface area contributed by atoms with Crippen LogP contribution in [0.4, 0.5) is 5.69 Å². The second-order valence-corrected chi connectivity index (χ2v) is 6.95. The average molecular weight is 360 g/mol. The highest BCUT2D eigenvalue weighted by Crippen LogP contribution is 2.23. The maximum absolute atomic E-state index is 12.6. The van der Waals surface area contributed by atoms with Crippen molar-refractivity contribution in [1.82, 2.24) is 4.72 Å². The molecule has 0 unspecified atom stereocenters. The Morgan fingerprint density at radius 2 is 2.00 bits per heavy atom. The predicted molar refractivity (Wildman–Crippen MR) is 90.0 cm³/mol. The summed E-state index contributed by atoms with van der Waals surface area (Å²) in [4.78, 5) is 11.0. The molecule has 0 amide bonds. The second-order valence-electron chi connectivity index (χ2n) is 5.27. The Hall–Kier alpha value is -1.68. The molecule has 0 saturated heterocycles. The number of benzene rings is 1. The van der Waals surface area contributed by atoms with Crippen molar-refractivity contribution in [2.45, 2.75) is 24.3 Å². The maximum atomic E-state index is 12.6. The Labute approximate surface area is 142 Å². The zero-order valence-corrected chi connectivity index (χ0v) is 14.9. The quantitative estimate of drug-likeness (QED) is 0.507. The number of carboxylic acids is 1. The number of methoxy groups -OCH3 is 2. The van der Waals surface area contributed by atoms with Crippen LogP contribution in [0, 0.1) is 0 Å². The highest BCUT2D eigenvalue weighted by Gasteiger charge is 2.22. The largest absolute Gasteiger partial charge is 0.478 e. The molecule has 0 saturated carbocycles. The fourth-order valence-electron chi connectivity index (χ4n) is 2.08. The van der Waals surface area contributed by atoms with E-state index in [-0.39, 0.29) is 17.1 Å². The van der Waals surface area contributed by atoms with Gasteiger partial charge in [0.2, 0.25) is 10.0 Å². The van der Waals surface area contributed by atoms with Gasteiger partial charge in [0.15, 0.2) is 0 Å². The minimum absolute atomic E-state index is 0.0998. The molecule has 0 aliphatic carbocycles. The number of carbonyl (C=O) groups is 1. The van der Waals surface area contributed by atoms with Crippen LogP contribution in [-0.2, 0) is 19.5 Å². The fraction of sp³-hybridized carbons (Fsp3) is 0.533. The lowest BCUT2D eigenvalue weighted by atomic mass is 10.2. The maximum Gasteiger partial charge on any atom is 0.335 e. The molecule has 0 bridgehead atoms. The van der Waals surface area contributed by atoms with E-state index < -0.39 is 22.0 Å². The molecular weight excluding hydrogens is 336 g/mol. The Bertz CT molecular complexity index is 647. The highest BCUT2D eigenvalue weighted by atomic mass is 32.2. The highest BCUT2D eigenvalue weighted by molar-refractivity contribution is 7.89. The van der Waals surface area contributed by atoms with Crippen molar-refractivity contribution in [2.24, 2.45) is 0 Å². The Kier molecular flexibility index (Phi) is 8.13. The van der Waals surface area contributed by atoms with E-state index in [1.165, 1.54) is 19.2 Å². The Morgan fingerprint density at radius 3 is 2.58 bits per heavy atom. The minimum Gasteiger partial charge on any atom is -0.478 e. The standard InChI is InChI=1S/C15H24N2O6S/c1-11(10-23-3)17-24(20,21)14-9-12(15(18)19)5-6-13(14)16-7-4-8-22-2/h5-6,9,11,16-17H,4,7-8,10H2,1-3H3,(H,18,19)/t11-/m1/s1. The van der Waals surface area contributed by atoms with Crippen LogP contribution in [0.15, 0.2) is 23.1 Å². The number of hydrogen-bond donors (Lipinski definition) is 3. The molecule has 0 fully saturated rings. The monoisotopic (exact) mass is 360 g/mol. The Balaban J connectivity index is 3.10. The minimum atomic E-state index is -3.90. The zero-order valence-electron chi connectivity index (χ0n) is 14.0. The smallest absolute Gasteiger partial charge is 0.335 e. The van der Waals surface area contributed by atoms with E-state index in [2.05, 4.69) is 10.0 Å². The van der Waals surface area contributed by atoms with Crippen LogP contribution in [0.3, 0.4) is 0 Å². The summed E-state index contributed by atoms with van der Waals surface area (Å²) in [6.45, 7) is 2.89. The first kappa shape index (κ1) is 20.4. The summed E-state index contributed by atoms with van der Waals surface area (Å²) in [5.74, 6) is -1.19. The van der Waals surface area contributed by atoms with Crippen LogP contribution in [0.25, 0.3) is 0 Å². The van der Waals surface area contributed by atoms with Crippen molar-refractivity contribution in [1.29, 1.82) is 0 Å². The third-order valence-corrected chi connectivity index (χ3v) is 4.76. The van der Waals surface area contributed by atoms with Crippen LogP contribution in [0.2, 0.25) is 0 Å². The van der Waals surface area contributed by atoms with E-state index in [9.17, 15) is 13.2 Å². The normalized spacial score (nSPS) is 12.8. The zero-order chi connectivity index (χ0) is 18.2. The third kappa shape index (κ3) is 6.08. The molecule has 0 heterocycles. The van der Waals surface area contributed by atoms with Crippen LogP contribution in [-0.4, -0.2) is 59.5 Å². The first-order valence-electron chi connectivity index (χ1n) is 7.43. The second kappa shape index (κ2) is 9.58. The van der Waals surface area contributed by atoms with E-state index in [1.54, 1.807) is 14.0 Å². The molecule has 3 N–H and O–H groups in total. The number of anilines is 1. The molecule has 9 heteroatoms. The number of carboxylic acid groups (broad SMARTS) is 1. The van der Waals surface area contributed by atoms with Crippen LogP contribution in [0.5, 0.6) is 0 Å². The predicted octanol–water partition coefficient (Wildman–Crippen LogP) is 1.15. The summed E-state index contributed by atoms with van der Waals surface area (Å²) in [6, 6.07) is 3.50. The summed E-state index contributed by atoms with van der Waals surface area (Å²) in [5.41, 5.74) is 0.241. The molecule has 1 rings (SSSR count). The summed E-state index contributed by atoms with van der Waals surface area (Å²) >= 11 is 0. The van der Waals surface area contributed by atoms with Crippen molar-refractivity contribution in [3.05, 3.63) is 23.8 Å². The van der Waals surface area contributed by atoms with Gasteiger partial charge in [-0.2, -0.15) is 0 Å². The number of nitrogens with one attached hydrogen (secondary N) is 2. The lowest BCUT2D eigenvalue weighted by Gasteiger charge is -2.17. The molecule has 1 atom stereocenters. The Morgan fingerprint density at radius 1 is 1.29 bits per heavy atom. The molecule has 24 heavy (non-hydrogen) atoms. The number of rotatable bonds is 11. The van der Waals surface area contributed by atoms with Gasteiger partial charge >= 0.3 is 5.97 Å². The lowest BCUT2D eigenvalue weighted by Crippen LogP contribution is -2.36. The van der Waals surface area contributed by atoms with Gasteiger partial charge in [0, 0.05) is 33.4 Å².